The number of hydrogen-bond acceptors (Lipinski definition) is 3. The van der Waals surface area contributed by atoms with Crippen molar-refractivity contribution in [3.05, 3.63) is 12.4 Å². The lowest BCUT2D eigenvalue weighted by molar-refractivity contribution is -0.137. The molecule has 0 aliphatic rings. The zero-order chi connectivity index (χ0) is 9.84. The van der Waals surface area contributed by atoms with Crippen molar-refractivity contribution in [2.75, 3.05) is 5.32 Å². The van der Waals surface area contributed by atoms with E-state index in [0.717, 1.165) is 5.69 Å². The average Bonchev–Trinajstić information content (AvgIpc) is 2.46. The van der Waals surface area contributed by atoms with Gasteiger partial charge in [-0.2, -0.15) is 5.10 Å². The Hall–Kier alpha value is -1.52. The smallest absolute Gasteiger partial charge is 0.326 e. The van der Waals surface area contributed by atoms with Gasteiger partial charge in [0.1, 0.15) is 6.04 Å². The lowest BCUT2D eigenvalue weighted by atomic mass is 10.2. The fourth-order valence-electron chi connectivity index (χ4n) is 1.04. The number of aliphatic carboxylic acids is 1. The zero-order valence-corrected chi connectivity index (χ0v) is 7.69. The molecule has 0 radical (unpaired) electrons. The molecule has 1 aromatic rings. The summed E-state index contributed by atoms with van der Waals surface area (Å²) in [5.41, 5.74) is 0.733. The van der Waals surface area contributed by atoms with Crippen LogP contribution < -0.4 is 5.32 Å². The Kier molecular flexibility index (Phi) is 2.89. The standard InChI is InChI=1S/C8H13N3O2/c1-3-7(8(12)13)10-6-4-9-11(2)5-6/h4-5,7,10H,3H2,1-2H3,(H,12,13). The summed E-state index contributed by atoms with van der Waals surface area (Å²) in [4.78, 5) is 10.7. The van der Waals surface area contributed by atoms with Crippen molar-refractivity contribution in [3.63, 3.8) is 0 Å². The molecule has 0 fully saturated rings. The van der Waals surface area contributed by atoms with E-state index in [4.69, 9.17) is 5.11 Å². The first-order chi connectivity index (χ1) is 6.13. The van der Waals surface area contributed by atoms with Gasteiger partial charge in [-0.1, -0.05) is 6.92 Å². The third kappa shape index (κ3) is 2.47. The van der Waals surface area contributed by atoms with Crippen LogP contribution in [0.2, 0.25) is 0 Å². The highest BCUT2D eigenvalue weighted by molar-refractivity contribution is 5.76. The van der Waals surface area contributed by atoms with Gasteiger partial charge < -0.3 is 10.4 Å². The van der Waals surface area contributed by atoms with Gasteiger partial charge in [0.05, 0.1) is 11.9 Å². The van der Waals surface area contributed by atoms with Crippen LogP contribution >= 0.6 is 0 Å². The van der Waals surface area contributed by atoms with E-state index in [1.807, 2.05) is 6.92 Å². The third-order valence-corrected chi connectivity index (χ3v) is 1.75. The Morgan fingerprint density at radius 2 is 2.54 bits per heavy atom. The molecule has 1 aromatic heterocycles. The van der Waals surface area contributed by atoms with E-state index in [2.05, 4.69) is 10.4 Å². The van der Waals surface area contributed by atoms with Crippen LogP contribution in [0.1, 0.15) is 13.3 Å². The molecule has 0 saturated heterocycles. The van der Waals surface area contributed by atoms with Crippen molar-refractivity contribution in [2.24, 2.45) is 7.05 Å². The average molecular weight is 183 g/mol. The summed E-state index contributed by atoms with van der Waals surface area (Å²) in [7, 11) is 1.78. The summed E-state index contributed by atoms with van der Waals surface area (Å²) in [5.74, 6) is -0.841. The molecule has 0 saturated carbocycles. The molecule has 13 heavy (non-hydrogen) atoms. The predicted molar refractivity (Wildman–Crippen MR) is 48.5 cm³/mol. The Bertz CT molecular complexity index is 295. The van der Waals surface area contributed by atoms with E-state index in [0.29, 0.717) is 6.42 Å². The second-order valence-corrected chi connectivity index (χ2v) is 2.85. The number of carboxylic acids is 1. The summed E-state index contributed by atoms with van der Waals surface area (Å²) in [6.45, 7) is 1.82. The fourth-order valence-corrected chi connectivity index (χ4v) is 1.04. The van der Waals surface area contributed by atoms with E-state index in [-0.39, 0.29) is 0 Å². The Balaban J connectivity index is 2.61. The molecule has 0 aromatic carbocycles. The molecule has 1 atom stereocenters. The Morgan fingerprint density at radius 1 is 1.85 bits per heavy atom. The highest BCUT2D eigenvalue weighted by Gasteiger charge is 2.14. The number of nitrogens with one attached hydrogen (secondary N) is 1. The minimum Gasteiger partial charge on any atom is -0.480 e. The van der Waals surface area contributed by atoms with Gasteiger partial charge in [-0.15, -0.1) is 0 Å². The van der Waals surface area contributed by atoms with Gasteiger partial charge in [-0.05, 0) is 6.42 Å². The maximum atomic E-state index is 10.7. The monoisotopic (exact) mass is 183 g/mol. The van der Waals surface area contributed by atoms with Gasteiger partial charge in [-0.3, -0.25) is 4.68 Å². The number of nitrogens with zero attached hydrogens (tertiary/aromatic N) is 2. The number of anilines is 1. The molecule has 5 nitrogen and oxygen atoms in total. The lowest BCUT2D eigenvalue weighted by Crippen LogP contribution is -2.27. The second-order valence-electron chi connectivity index (χ2n) is 2.85. The third-order valence-electron chi connectivity index (χ3n) is 1.75. The topological polar surface area (TPSA) is 67.2 Å². The first-order valence-electron chi connectivity index (χ1n) is 4.11. The van der Waals surface area contributed by atoms with Gasteiger partial charge in [0.2, 0.25) is 0 Å². The van der Waals surface area contributed by atoms with E-state index in [9.17, 15) is 4.79 Å². The second kappa shape index (κ2) is 3.93. The molecule has 1 rings (SSSR count). The molecule has 1 heterocycles. The van der Waals surface area contributed by atoms with E-state index in [1.54, 1.807) is 24.1 Å². The quantitative estimate of drug-likeness (QED) is 0.720. The first kappa shape index (κ1) is 9.57. The lowest BCUT2D eigenvalue weighted by Gasteiger charge is -2.10. The molecule has 0 amide bonds. The van der Waals surface area contributed by atoms with Gasteiger partial charge in [-0.25, -0.2) is 4.79 Å². The predicted octanol–water partition coefficient (Wildman–Crippen LogP) is 0.695. The number of aryl methyl sites for hydroxylation is 1. The van der Waals surface area contributed by atoms with E-state index >= 15 is 0 Å². The van der Waals surface area contributed by atoms with Crippen LogP contribution in [0.4, 0.5) is 5.69 Å². The summed E-state index contributed by atoms with van der Waals surface area (Å²) >= 11 is 0. The number of rotatable bonds is 4. The summed E-state index contributed by atoms with van der Waals surface area (Å²) < 4.78 is 1.62. The van der Waals surface area contributed by atoms with Gasteiger partial charge in [0, 0.05) is 13.2 Å². The van der Waals surface area contributed by atoms with Gasteiger partial charge in [0.25, 0.3) is 0 Å². The molecule has 0 spiro atoms. The van der Waals surface area contributed by atoms with Crippen molar-refractivity contribution in [2.45, 2.75) is 19.4 Å². The molecule has 0 aliphatic carbocycles. The zero-order valence-electron chi connectivity index (χ0n) is 7.69. The molecule has 2 N–H and O–H groups in total. The molecular formula is C8H13N3O2. The Morgan fingerprint density at radius 3 is 2.92 bits per heavy atom. The minimum atomic E-state index is -0.841. The normalized spacial score (nSPS) is 12.5. The number of aromatic nitrogens is 2. The van der Waals surface area contributed by atoms with Crippen molar-refractivity contribution >= 4 is 11.7 Å². The molecule has 1 unspecified atom stereocenters. The molecule has 0 bridgehead atoms. The van der Waals surface area contributed by atoms with Crippen molar-refractivity contribution in [3.8, 4) is 0 Å². The molecule has 5 heteroatoms. The van der Waals surface area contributed by atoms with Gasteiger partial charge >= 0.3 is 5.97 Å². The maximum Gasteiger partial charge on any atom is 0.326 e. The number of carboxylic acid groups (broad SMARTS) is 1. The van der Waals surface area contributed by atoms with E-state index < -0.39 is 12.0 Å². The molecular weight excluding hydrogens is 170 g/mol. The minimum absolute atomic E-state index is 0.538. The maximum absolute atomic E-state index is 10.7. The summed E-state index contributed by atoms with van der Waals surface area (Å²) in [5, 5.41) is 15.5. The van der Waals surface area contributed by atoms with Crippen molar-refractivity contribution < 1.29 is 9.90 Å². The number of carbonyl (C=O) groups is 1. The highest BCUT2D eigenvalue weighted by atomic mass is 16.4. The van der Waals surface area contributed by atoms with Crippen molar-refractivity contribution in [1.82, 2.24) is 9.78 Å². The van der Waals surface area contributed by atoms with Gasteiger partial charge in [0.15, 0.2) is 0 Å². The van der Waals surface area contributed by atoms with Crippen LogP contribution in [0.5, 0.6) is 0 Å². The van der Waals surface area contributed by atoms with Crippen LogP contribution in [0.25, 0.3) is 0 Å². The summed E-state index contributed by atoms with van der Waals surface area (Å²) in [6.07, 6.45) is 3.89. The molecule has 0 aliphatic heterocycles. The van der Waals surface area contributed by atoms with Crippen LogP contribution in [-0.4, -0.2) is 26.9 Å². The fraction of sp³-hybridized carbons (Fsp3) is 0.500. The largest absolute Gasteiger partial charge is 0.480 e. The highest BCUT2D eigenvalue weighted by Crippen LogP contribution is 2.07. The Labute approximate surface area is 76.4 Å². The van der Waals surface area contributed by atoms with Crippen molar-refractivity contribution in [1.29, 1.82) is 0 Å². The van der Waals surface area contributed by atoms with E-state index in [1.165, 1.54) is 0 Å². The first-order valence-corrected chi connectivity index (χ1v) is 4.11. The van der Waals surface area contributed by atoms with Crippen LogP contribution in [0.3, 0.4) is 0 Å². The van der Waals surface area contributed by atoms with Crippen LogP contribution in [0.15, 0.2) is 12.4 Å². The SMILES string of the molecule is CCC(Nc1cnn(C)c1)C(=O)O. The van der Waals surface area contributed by atoms with Crippen LogP contribution in [-0.2, 0) is 11.8 Å². The summed E-state index contributed by atoms with van der Waals surface area (Å²) in [6, 6.07) is -0.538. The number of hydrogen-bond donors (Lipinski definition) is 2. The van der Waals surface area contributed by atoms with Crippen LogP contribution in [0, 0.1) is 0 Å². The molecule has 72 valence electrons.